The van der Waals surface area contributed by atoms with Crippen LogP contribution in [0.2, 0.25) is 0 Å². The third kappa shape index (κ3) is 3.30. The van der Waals surface area contributed by atoms with E-state index in [1.165, 1.54) is 56.9 Å². The third-order valence-corrected chi connectivity index (χ3v) is 7.33. The Bertz CT molecular complexity index is 1330. The molecule has 0 bridgehead atoms. The monoisotopic (exact) mass is 405 g/mol. The van der Waals surface area contributed by atoms with Crippen molar-refractivity contribution in [3.8, 4) is 0 Å². The van der Waals surface area contributed by atoms with Crippen LogP contribution in [0, 0.1) is 5.82 Å². The van der Waals surface area contributed by atoms with Crippen molar-refractivity contribution in [2.45, 2.75) is 30.2 Å². The molecule has 0 spiro atoms. The molecule has 4 aromatic carbocycles. The molecule has 4 aromatic rings. The van der Waals surface area contributed by atoms with Gasteiger partial charge in [-0.3, -0.25) is 0 Å². The van der Waals surface area contributed by atoms with E-state index in [0.29, 0.717) is 6.42 Å². The van der Waals surface area contributed by atoms with Crippen molar-refractivity contribution in [1.29, 1.82) is 0 Å². The highest BCUT2D eigenvalue weighted by Crippen LogP contribution is 2.33. The Kier molecular flexibility index (Phi) is 4.37. The first-order valence-corrected chi connectivity index (χ1v) is 11.2. The third-order valence-electron chi connectivity index (χ3n) is 5.79. The second-order valence-corrected chi connectivity index (χ2v) is 9.31. The molecule has 0 fully saturated rings. The molecule has 1 N–H and O–H groups in total. The predicted octanol–water partition coefficient (Wildman–Crippen LogP) is 4.97. The van der Waals surface area contributed by atoms with E-state index >= 15 is 0 Å². The number of rotatable bonds is 3. The van der Waals surface area contributed by atoms with E-state index in [0.717, 1.165) is 12.8 Å². The van der Waals surface area contributed by atoms with Gasteiger partial charge in [0.25, 0.3) is 0 Å². The summed E-state index contributed by atoms with van der Waals surface area (Å²) in [6.07, 6.45) is 2.21. The van der Waals surface area contributed by atoms with Crippen molar-refractivity contribution in [2.24, 2.45) is 0 Å². The molecule has 5 heteroatoms. The van der Waals surface area contributed by atoms with Gasteiger partial charge in [-0.1, -0.05) is 48.5 Å². The van der Waals surface area contributed by atoms with Gasteiger partial charge in [0.2, 0.25) is 10.0 Å². The number of hydrogen-bond donors (Lipinski definition) is 1. The van der Waals surface area contributed by atoms with Gasteiger partial charge in [0.1, 0.15) is 5.82 Å². The highest BCUT2D eigenvalue weighted by atomic mass is 32.2. The first kappa shape index (κ1) is 18.3. The summed E-state index contributed by atoms with van der Waals surface area (Å²) in [4.78, 5) is 0.0913. The Morgan fingerprint density at radius 2 is 1.59 bits per heavy atom. The van der Waals surface area contributed by atoms with E-state index in [1.807, 2.05) is 12.1 Å². The fraction of sp³-hybridized carbons (Fsp3) is 0.167. The number of sulfonamides is 1. The fourth-order valence-corrected chi connectivity index (χ4v) is 5.62. The number of fused-ring (bicyclic) bond motifs is 5. The highest BCUT2D eigenvalue weighted by Gasteiger charge is 2.25. The molecule has 1 aliphatic rings. The molecule has 0 saturated carbocycles. The Labute approximate surface area is 169 Å². The van der Waals surface area contributed by atoms with E-state index in [4.69, 9.17) is 0 Å². The maximum absolute atomic E-state index is 13.1. The SMILES string of the molecule is O=S(=O)(N[C@@H]1CCc2ccc3c(ccc4ccccc43)c2C1)c1ccc(F)cc1. The van der Waals surface area contributed by atoms with Crippen molar-refractivity contribution >= 4 is 31.6 Å². The van der Waals surface area contributed by atoms with Gasteiger partial charge < -0.3 is 0 Å². The largest absolute Gasteiger partial charge is 0.240 e. The molecular weight excluding hydrogens is 385 g/mol. The van der Waals surface area contributed by atoms with E-state index in [-0.39, 0.29) is 10.9 Å². The summed E-state index contributed by atoms with van der Waals surface area (Å²) in [6, 6.07) is 21.7. The van der Waals surface area contributed by atoms with Gasteiger partial charge in [-0.2, -0.15) is 0 Å². The number of nitrogens with one attached hydrogen (secondary N) is 1. The Balaban J connectivity index is 1.50. The van der Waals surface area contributed by atoms with Gasteiger partial charge in [-0.05, 0) is 76.2 Å². The van der Waals surface area contributed by atoms with Crippen LogP contribution in [-0.4, -0.2) is 14.5 Å². The first-order chi connectivity index (χ1) is 14.0. The van der Waals surface area contributed by atoms with Crippen LogP contribution in [0.5, 0.6) is 0 Å². The molecule has 0 heterocycles. The average Bonchev–Trinajstić information content (AvgIpc) is 2.73. The van der Waals surface area contributed by atoms with Crippen LogP contribution < -0.4 is 4.72 Å². The van der Waals surface area contributed by atoms with Gasteiger partial charge in [0.15, 0.2) is 0 Å². The van der Waals surface area contributed by atoms with E-state index in [1.54, 1.807) is 0 Å². The second-order valence-electron chi connectivity index (χ2n) is 7.60. The van der Waals surface area contributed by atoms with Crippen molar-refractivity contribution in [2.75, 3.05) is 0 Å². The van der Waals surface area contributed by atoms with Crippen molar-refractivity contribution in [3.63, 3.8) is 0 Å². The van der Waals surface area contributed by atoms with Gasteiger partial charge in [0.05, 0.1) is 4.90 Å². The Morgan fingerprint density at radius 3 is 2.41 bits per heavy atom. The van der Waals surface area contributed by atoms with Gasteiger partial charge in [-0.15, -0.1) is 0 Å². The molecule has 0 aliphatic heterocycles. The average molecular weight is 405 g/mol. The number of benzene rings is 4. The zero-order valence-corrected chi connectivity index (χ0v) is 16.5. The molecule has 5 rings (SSSR count). The summed E-state index contributed by atoms with van der Waals surface area (Å²) in [6.45, 7) is 0. The van der Waals surface area contributed by atoms with Crippen LogP contribution in [0.4, 0.5) is 4.39 Å². The molecule has 146 valence electrons. The summed E-state index contributed by atoms with van der Waals surface area (Å²) in [5, 5.41) is 4.79. The summed E-state index contributed by atoms with van der Waals surface area (Å²) < 4.78 is 41.4. The van der Waals surface area contributed by atoms with Crippen LogP contribution in [0.1, 0.15) is 17.5 Å². The van der Waals surface area contributed by atoms with E-state index < -0.39 is 15.8 Å². The van der Waals surface area contributed by atoms with Crippen LogP contribution >= 0.6 is 0 Å². The quantitative estimate of drug-likeness (QED) is 0.489. The topological polar surface area (TPSA) is 46.2 Å². The Hall–Kier alpha value is -2.76. The lowest BCUT2D eigenvalue weighted by atomic mass is 9.84. The minimum Gasteiger partial charge on any atom is -0.208 e. The molecule has 0 amide bonds. The summed E-state index contributed by atoms with van der Waals surface area (Å²) >= 11 is 0. The van der Waals surface area contributed by atoms with Crippen LogP contribution in [0.25, 0.3) is 21.5 Å². The molecule has 0 saturated heterocycles. The van der Waals surface area contributed by atoms with Crippen LogP contribution in [0.3, 0.4) is 0 Å². The van der Waals surface area contributed by atoms with E-state index in [2.05, 4.69) is 41.1 Å². The lowest BCUT2D eigenvalue weighted by Crippen LogP contribution is -2.38. The summed E-state index contributed by atoms with van der Waals surface area (Å²) in [7, 11) is -3.68. The zero-order chi connectivity index (χ0) is 20.0. The molecule has 0 aromatic heterocycles. The van der Waals surface area contributed by atoms with Gasteiger partial charge in [0, 0.05) is 6.04 Å². The van der Waals surface area contributed by atoms with Crippen LogP contribution in [0.15, 0.2) is 77.7 Å². The zero-order valence-electron chi connectivity index (χ0n) is 15.7. The molecule has 3 nitrogen and oxygen atoms in total. The maximum atomic E-state index is 13.1. The molecule has 29 heavy (non-hydrogen) atoms. The maximum Gasteiger partial charge on any atom is 0.240 e. The smallest absolute Gasteiger partial charge is 0.208 e. The van der Waals surface area contributed by atoms with Crippen molar-refractivity contribution in [1.82, 2.24) is 4.72 Å². The molecular formula is C24H20FNO2S. The predicted molar refractivity (Wildman–Crippen MR) is 114 cm³/mol. The number of aryl methyl sites for hydroxylation is 1. The Morgan fingerprint density at radius 1 is 0.828 bits per heavy atom. The molecule has 1 aliphatic carbocycles. The number of hydrogen-bond acceptors (Lipinski definition) is 2. The normalized spacial score (nSPS) is 16.8. The summed E-state index contributed by atoms with van der Waals surface area (Å²) in [5.41, 5.74) is 2.50. The lowest BCUT2D eigenvalue weighted by molar-refractivity contribution is 0.509. The van der Waals surface area contributed by atoms with Crippen molar-refractivity contribution < 1.29 is 12.8 Å². The molecule has 0 radical (unpaired) electrons. The minimum absolute atomic E-state index is 0.0913. The second kappa shape index (κ2) is 6.94. The fourth-order valence-electron chi connectivity index (χ4n) is 4.35. The molecule has 1 atom stereocenters. The van der Waals surface area contributed by atoms with Crippen molar-refractivity contribution in [3.05, 3.63) is 89.7 Å². The van der Waals surface area contributed by atoms with Crippen LogP contribution in [-0.2, 0) is 22.9 Å². The minimum atomic E-state index is -3.68. The lowest BCUT2D eigenvalue weighted by Gasteiger charge is -2.27. The van der Waals surface area contributed by atoms with E-state index in [9.17, 15) is 12.8 Å². The van der Waals surface area contributed by atoms with Gasteiger partial charge >= 0.3 is 0 Å². The first-order valence-electron chi connectivity index (χ1n) is 9.71. The van der Waals surface area contributed by atoms with Gasteiger partial charge in [-0.25, -0.2) is 17.5 Å². The highest BCUT2D eigenvalue weighted by molar-refractivity contribution is 7.89. The number of halogens is 1. The summed E-state index contributed by atoms with van der Waals surface area (Å²) in [5.74, 6) is -0.450. The molecule has 0 unspecified atom stereocenters. The standard InChI is InChI=1S/C24H20FNO2S/c25-18-8-11-20(12-9-18)29(27,28)26-19-10-5-17-7-13-22-21-4-2-1-3-16(21)6-14-23(22)24(17)15-19/h1-4,6-9,11-14,19,26H,5,10,15H2/t19-/m1/s1.